The van der Waals surface area contributed by atoms with Crippen LogP contribution in [0, 0.1) is 52.3 Å². The number of fused-ring (bicyclic) bond motifs is 5. The molecule has 0 N–H and O–H groups in total. The van der Waals surface area contributed by atoms with Crippen molar-refractivity contribution in [1.29, 1.82) is 0 Å². The molecule has 0 amide bonds. The molecule has 4 aliphatic rings. The maximum Gasteiger partial charge on any atom is 0.139 e. The first-order valence-electron chi connectivity index (χ1n) is 12.8. The summed E-state index contributed by atoms with van der Waals surface area (Å²) in [5.74, 6) is 6.44. The highest BCUT2D eigenvalue weighted by atomic mass is 16.1. The minimum Gasteiger partial charge on any atom is -0.299 e. The van der Waals surface area contributed by atoms with Crippen molar-refractivity contribution in [2.75, 3.05) is 0 Å². The largest absolute Gasteiger partial charge is 0.299 e. The number of carbonyl (C=O) groups excluding carboxylic acids is 1. The van der Waals surface area contributed by atoms with Gasteiger partial charge in [-0.15, -0.1) is 0 Å². The third kappa shape index (κ3) is 3.22. The zero-order chi connectivity index (χ0) is 20.1. The lowest BCUT2D eigenvalue weighted by Crippen LogP contribution is -2.56. The van der Waals surface area contributed by atoms with Crippen molar-refractivity contribution in [3.05, 3.63) is 0 Å². The highest BCUT2D eigenvalue weighted by Gasteiger charge is 2.62. The van der Waals surface area contributed by atoms with Crippen LogP contribution in [0.4, 0.5) is 0 Å². The van der Waals surface area contributed by atoms with Crippen LogP contribution < -0.4 is 0 Å². The topological polar surface area (TPSA) is 17.1 Å². The monoisotopic (exact) mass is 386 g/mol. The predicted molar refractivity (Wildman–Crippen MR) is 118 cm³/mol. The third-order valence-corrected chi connectivity index (χ3v) is 10.7. The van der Waals surface area contributed by atoms with E-state index in [9.17, 15) is 4.79 Å². The Morgan fingerprint density at radius 3 is 2.46 bits per heavy atom. The smallest absolute Gasteiger partial charge is 0.139 e. The summed E-state index contributed by atoms with van der Waals surface area (Å²) < 4.78 is 0. The van der Waals surface area contributed by atoms with E-state index >= 15 is 0 Å². The molecule has 0 saturated heterocycles. The maximum atomic E-state index is 13.1. The van der Waals surface area contributed by atoms with Crippen LogP contribution in [0.25, 0.3) is 0 Å². The first-order valence-corrected chi connectivity index (χ1v) is 12.8. The van der Waals surface area contributed by atoms with Gasteiger partial charge in [-0.1, -0.05) is 53.9 Å². The van der Waals surface area contributed by atoms with Gasteiger partial charge in [0.2, 0.25) is 0 Å². The van der Waals surface area contributed by atoms with Gasteiger partial charge in [0.1, 0.15) is 5.78 Å². The van der Waals surface area contributed by atoms with Crippen LogP contribution in [0.3, 0.4) is 0 Å². The van der Waals surface area contributed by atoms with E-state index in [4.69, 9.17) is 0 Å². The molecule has 0 aliphatic heterocycles. The Hall–Kier alpha value is -0.330. The molecule has 1 heteroatoms. The molecule has 160 valence electrons. The van der Waals surface area contributed by atoms with Gasteiger partial charge in [0.15, 0.2) is 0 Å². The molecule has 4 fully saturated rings. The number of hydrogen-bond acceptors (Lipinski definition) is 1. The van der Waals surface area contributed by atoms with Crippen molar-refractivity contribution in [3.8, 4) is 0 Å². The number of rotatable bonds is 5. The van der Waals surface area contributed by atoms with Crippen LogP contribution in [0.15, 0.2) is 0 Å². The molecule has 28 heavy (non-hydrogen) atoms. The molecule has 0 aromatic carbocycles. The zero-order valence-electron chi connectivity index (χ0n) is 19.4. The Kier molecular flexibility index (Phi) is 5.78. The Morgan fingerprint density at radius 2 is 1.71 bits per heavy atom. The van der Waals surface area contributed by atoms with E-state index in [-0.39, 0.29) is 5.41 Å². The van der Waals surface area contributed by atoms with Crippen molar-refractivity contribution in [3.63, 3.8) is 0 Å². The Labute approximate surface area is 174 Å². The predicted octanol–water partition coefficient (Wildman–Crippen LogP) is 7.68. The minimum absolute atomic E-state index is 0.0312. The highest BCUT2D eigenvalue weighted by molar-refractivity contribution is 5.86. The second kappa shape index (κ2) is 7.73. The second-order valence-electron chi connectivity index (χ2n) is 12.3. The fourth-order valence-corrected chi connectivity index (χ4v) is 9.11. The van der Waals surface area contributed by atoms with Crippen molar-refractivity contribution < 1.29 is 4.79 Å². The van der Waals surface area contributed by atoms with Gasteiger partial charge in [0.05, 0.1) is 0 Å². The average Bonchev–Trinajstić information content (AvgIpc) is 3.00. The van der Waals surface area contributed by atoms with E-state index in [2.05, 4.69) is 34.6 Å². The van der Waals surface area contributed by atoms with Crippen LogP contribution in [-0.4, -0.2) is 5.78 Å². The minimum atomic E-state index is 0.0312. The summed E-state index contributed by atoms with van der Waals surface area (Å²) in [5, 5.41) is 0. The molecule has 0 aromatic heterocycles. The average molecular weight is 387 g/mol. The van der Waals surface area contributed by atoms with Gasteiger partial charge in [0.25, 0.3) is 0 Å². The molecule has 4 rings (SSSR count). The number of ketones is 1. The van der Waals surface area contributed by atoms with Crippen molar-refractivity contribution in [1.82, 2.24) is 0 Å². The van der Waals surface area contributed by atoms with Crippen LogP contribution >= 0.6 is 0 Å². The van der Waals surface area contributed by atoms with Gasteiger partial charge < -0.3 is 0 Å². The number of carbonyl (C=O) groups is 1. The Morgan fingerprint density at radius 1 is 0.929 bits per heavy atom. The fourth-order valence-electron chi connectivity index (χ4n) is 9.11. The van der Waals surface area contributed by atoms with Crippen LogP contribution in [0.5, 0.6) is 0 Å². The molecule has 4 aliphatic carbocycles. The maximum absolute atomic E-state index is 13.1. The normalized spacial score (nSPS) is 46.8. The lowest BCUT2D eigenvalue weighted by Gasteiger charge is -2.60. The van der Waals surface area contributed by atoms with Crippen LogP contribution in [0.1, 0.15) is 112 Å². The molecule has 8 atom stereocenters. The van der Waals surface area contributed by atoms with Gasteiger partial charge >= 0.3 is 0 Å². The van der Waals surface area contributed by atoms with Gasteiger partial charge in [-0.05, 0) is 98.2 Å². The summed E-state index contributed by atoms with van der Waals surface area (Å²) >= 11 is 0. The van der Waals surface area contributed by atoms with E-state index < -0.39 is 0 Å². The summed E-state index contributed by atoms with van der Waals surface area (Å²) in [7, 11) is 0. The summed E-state index contributed by atoms with van der Waals surface area (Å²) in [6.45, 7) is 12.4. The molecule has 0 heterocycles. The Bertz CT molecular complexity index is 579. The van der Waals surface area contributed by atoms with Crippen molar-refractivity contribution in [2.24, 2.45) is 52.3 Å². The van der Waals surface area contributed by atoms with Crippen LogP contribution in [-0.2, 0) is 4.79 Å². The molecule has 1 nitrogen and oxygen atoms in total. The Balaban J connectivity index is 1.49. The third-order valence-electron chi connectivity index (χ3n) is 10.7. The molecule has 0 unspecified atom stereocenters. The fraction of sp³-hybridized carbons (Fsp3) is 0.963. The van der Waals surface area contributed by atoms with E-state index in [0.29, 0.717) is 23.0 Å². The summed E-state index contributed by atoms with van der Waals surface area (Å²) in [6, 6.07) is 0. The lowest BCUT2D eigenvalue weighted by atomic mass is 9.44. The lowest BCUT2D eigenvalue weighted by molar-refractivity contribution is -0.156. The SMILES string of the molecule is CC(C)CCC[C@@H](C)[C@@H]1CC[C@@H]2[C@@H]3CC[C@H]4CCCC(=O)[C@]4(C)[C@H]3CC[C@@]21C. The first kappa shape index (κ1) is 20.9. The molecule has 0 bridgehead atoms. The molecule has 0 spiro atoms. The van der Waals surface area contributed by atoms with E-state index in [0.717, 1.165) is 42.4 Å². The highest BCUT2D eigenvalue weighted by Crippen LogP contribution is 2.67. The van der Waals surface area contributed by atoms with E-state index in [1.807, 2.05) is 0 Å². The summed E-state index contributed by atoms with van der Waals surface area (Å²) in [6.07, 6.45) is 16.0. The van der Waals surface area contributed by atoms with Gasteiger partial charge in [-0.3, -0.25) is 4.79 Å². The number of Topliss-reactive ketones (excluding diaryl/α,β-unsaturated/α-hetero) is 1. The quantitative estimate of drug-likeness (QED) is 0.473. The van der Waals surface area contributed by atoms with Gasteiger partial charge in [-0.2, -0.15) is 0 Å². The van der Waals surface area contributed by atoms with E-state index in [1.165, 1.54) is 64.2 Å². The molecule has 0 radical (unpaired) electrons. The zero-order valence-corrected chi connectivity index (χ0v) is 19.4. The van der Waals surface area contributed by atoms with Crippen molar-refractivity contribution in [2.45, 2.75) is 112 Å². The molecular formula is C27H46O. The van der Waals surface area contributed by atoms with Crippen molar-refractivity contribution >= 4 is 5.78 Å². The first-order chi connectivity index (χ1) is 13.3. The van der Waals surface area contributed by atoms with Gasteiger partial charge in [0, 0.05) is 11.8 Å². The number of hydrogen-bond donors (Lipinski definition) is 0. The molecular weight excluding hydrogens is 340 g/mol. The molecule has 4 saturated carbocycles. The van der Waals surface area contributed by atoms with E-state index in [1.54, 1.807) is 0 Å². The van der Waals surface area contributed by atoms with Crippen LogP contribution in [0.2, 0.25) is 0 Å². The molecule has 0 aromatic rings. The standard InChI is InChI=1S/C27H46O/c1-18(2)8-6-9-19(3)22-14-15-23-21-13-12-20-10-7-11-25(28)27(20,5)24(21)16-17-26(22,23)4/h18-24H,6-17H2,1-5H3/t19-,20-,21+,22+,23-,24+,26-,27+/m1/s1. The second-order valence-corrected chi connectivity index (χ2v) is 12.3. The summed E-state index contributed by atoms with van der Waals surface area (Å²) in [4.78, 5) is 13.1. The summed E-state index contributed by atoms with van der Waals surface area (Å²) in [5.41, 5.74) is 0.586. The van der Waals surface area contributed by atoms with Gasteiger partial charge in [-0.25, -0.2) is 0 Å².